The van der Waals surface area contributed by atoms with Crippen LogP contribution in [0.5, 0.6) is 0 Å². The van der Waals surface area contributed by atoms with Crippen LogP contribution in [0.15, 0.2) is 12.1 Å². The summed E-state index contributed by atoms with van der Waals surface area (Å²) in [6, 6.07) is 3.50. The number of carbonyl (C=O) groups excluding carboxylic acids is 1. The van der Waals surface area contributed by atoms with Crippen molar-refractivity contribution >= 4 is 29.0 Å². The molecular formula is C14H19N5O3. The molecule has 0 atom stereocenters. The Labute approximate surface area is 127 Å². The van der Waals surface area contributed by atoms with E-state index in [-0.39, 0.29) is 11.9 Å². The summed E-state index contributed by atoms with van der Waals surface area (Å²) in [5.41, 5.74) is 7.74. The summed E-state index contributed by atoms with van der Waals surface area (Å²) >= 11 is 0. The third-order valence-electron chi connectivity index (χ3n) is 3.18. The quantitative estimate of drug-likeness (QED) is 0.413. The van der Waals surface area contributed by atoms with E-state index in [2.05, 4.69) is 33.1 Å². The van der Waals surface area contributed by atoms with Gasteiger partial charge in [-0.25, -0.2) is 15.2 Å². The molecule has 118 valence electrons. The highest BCUT2D eigenvalue weighted by Gasteiger charge is 2.16. The Kier molecular flexibility index (Phi) is 4.95. The van der Waals surface area contributed by atoms with Gasteiger partial charge in [0.05, 0.1) is 16.6 Å². The van der Waals surface area contributed by atoms with Crippen molar-refractivity contribution < 1.29 is 14.7 Å². The monoisotopic (exact) mass is 305 g/mol. The number of rotatable bonds is 6. The number of hydrazine groups is 1. The molecule has 1 aromatic carbocycles. The average molecular weight is 305 g/mol. The van der Waals surface area contributed by atoms with Gasteiger partial charge in [0, 0.05) is 6.54 Å². The van der Waals surface area contributed by atoms with Crippen LogP contribution >= 0.6 is 0 Å². The Morgan fingerprint density at radius 1 is 1.36 bits per heavy atom. The van der Waals surface area contributed by atoms with Gasteiger partial charge < -0.3 is 10.1 Å². The summed E-state index contributed by atoms with van der Waals surface area (Å²) in [5, 5.41) is 10.9. The number of H-pyrrole nitrogens is 1. The van der Waals surface area contributed by atoms with Gasteiger partial charge in [0.15, 0.2) is 0 Å². The summed E-state index contributed by atoms with van der Waals surface area (Å²) < 4.78 is 0. The number of amides is 2. The van der Waals surface area contributed by atoms with Gasteiger partial charge in [-0.15, -0.1) is 0 Å². The molecule has 8 nitrogen and oxygen atoms in total. The van der Waals surface area contributed by atoms with E-state index in [0.29, 0.717) is 23.1 Å². The van der Waals surface area contributed by atoms with Gasteiger partial charge in [-0.05, 0) is 25.0 Å². The Hall–Kier alpha value is -2.61. The molecule has 0 aliphatic rings. The van der Waals surface area contributed by atoms with Gasteiger partial charge in [-0.1, -0.05) is 19.4 Å². The van der Waals surface area contributed by atoms with Crippen LogP contribution in [0.2, 0.25) is 0 Å². The number of aromatic amines is 1. The van der Waals surface area contributed by atoms with Crippen molar-refractivity contribution in [2.24, 2.45) is 0 Å². The van der Waals surface area contributed by atoms with Crippen LogP contribution in [0.3, 0.4) is 0 Å². The van der Waals surface area contributed by atoms with Crippen molar-refractivity contribution in [3.05, 3.63) is 23.3 Å². The zero-order valence-corrected chi connectivity index (χ0v) is 12.5. The first-order valence-electron chi connectivity index (χ1n) is 7.05. The minimum atomic E-state index is -1.22. The summed E-state index contributed by atoms with van der Waals surface area (Å²) in [6.07, 6.45) is 0.769. The number of carbonyl (C=O) groups is 2. The SMILES string of the molecule is CCCCNNC(=O)c1c(C)ccc2nc(NC(=O)O)[nH]c12. The van der Waals surface area contributed by atoms with Crippen LogP contribution < -0.4 is 16.2 Å². The van der Waals surface area contributed by atoms with Gasteiger partial charge in [0.1, 0.15) is 0 Å². The van der Waals surface area contributed by atoms with E-state index in [4.69, 9.17) is 5.11 Å². The fourth-order valence-electron chi connectivity index (χ4n) is 2.11. The molecule has 0 aliphatic carbocycles. The second-order valence-corrected chi connectivity index (χ2v) is 4.90. The molecule has 0 saturated carbocycles. The lowest BCUT2D eigenvalue weighted by atomic mass is 10.1. The number of aryl methyl sites for hydroxylation is 1. The van der Waals surface area contributed by atoms with Crippen LogP contribution in [-0.2, 0) is 0 Å². The van der Waals surface area contributed by atoms with Crippen LogP contribution in [0.1, 0.15) is 35.7 Å². The number of anilines is 1. The molecule has 2 rings (SSSR count). The van der Waals surface area contributed by atoms with Crippen molar-refractivity contribution in [2.45, 2.75) is 26.7 Å². The second-order valence-electron chi connectivity index (χ2n) is 4.90. The van der Waals surface area contributed by atoms with E-state index < -0.39 is 6.09 Å². The molecule has 1 aromatic heterocycles. The average Bonchev–Trinajstić information content (AvgIpc) is 2.84. The highest BCUT2D eigenvalue weighted by atomic mass is 16.4. The van der Waals surface area contributed by atoms with Crippen LogP contribution in [0.25, 0.3) is 11.0 Å². The second kappa shape index (κ2) is 6.90. The molecule has 1 heterocycles. The maximum Gasteiger partial charge on any atom is 0.411 e. The van der Waals surface area contributed by atoms with Crippen LogP contribution in [-0.4, -0.2) is 33.6 Å². The number of aromatic nitrogens is 2. The Balaban J connectivity index is 2.27. The van der Waals surface area contributed by atoms with E-state index in [1.807, 2.05) is 6.92 Å². The maximum atomic E-state index is 12.3. The molecule has 5 N–H and O–H groups in total. The van der Waals surface area contributed by atoms with Crippen LogP contribution in [0.4, 0.5) is 10.7 Å². The molecular weight excluding hydrogens is 286 g/mol. The fraction of sp³-hybridized carbons (Fsp3) is 0.357. The number of carboxylic acid groups (broad SMARTS) is 1. The van der Waals surface area contributed by atoms with Gasteiger partial charge in [0.25, 0.3) is 5.91 Å². The van der Waals surface area contributed by atoms with Crippen molar-refractivity contribution in [2.75, 3.05) is 11.9 Å². The Morgan fingerprint density at radius 2 is 2.14 bits per heavy atom. The first-order chi connectivity index (χ1) is 10.5. The zero-order chi connectivity index (χ0) is 16.1. The lowest BCUT2D eigenvalue weighted by molar-refractivity contribution is 0.0934. The van der Waals surface area contributed by atoms with E-state index in [0.717, 1.165) is 18.4 Å². The maximum absolute atomic E-state index is 12.3. The van der Waals surface area contributed by atoms with Gasteiger partial charge in [-0.3, -0.25) is 15.5 Å². The predicted molar refractivity (Wildman–Crippen MR) is 82.9 cm³/mol. The summed E-state index contributed by atoms with van der Waals surface area (Å²) in [7, 11) is 0. The molecule has 0 spiro atoms. The predicted octanol–water partition coefficient (Wildman–Crippen LogP) is 2.00. The molecule has 0 unspecified atom stereocenters. The first kappa shape index (κ1) is 15.8. The lowest BCUT2D eigenvalue weighted by Gasteiger charge is -2.09. The first-order valence-corrected chi connectivity index (χ1v) is 7.05. The van der Waals surface area contributed by atoms with Crippen molar-refractivity contribution in [1.29, 1.82) is 0 Å². The minimum absolute atomic E-state index is 0.0843. The van der Waals surface area contributed by atoms with E-state index in [9.17, 15) is 9.59 Å². The third kappa shape index (κ3) is 3.53. The van der Waals surface area contributed by atoms with E-state index in [1.165, 1.54) is 0 Å². The Morgan fingerprint density at radius 3 is 2.82 bits per heavy atom. The fourth-order valence-corrected chi connectivity index (χ4v) is 2.11. The molecule has 0 aliphatic heterocycles. The molecule has 0 bridgehead atoms. The number of nitrogens with zero attached hydrogens (tertiary/aromatic N) is 1. The molecule has 0 radical (unpaired) electrons. The van der Waals surface area contributed by atoms with Gasteiger partial charge >= 0.3 is 6.09 Å². The lowest BCUT2D eigenvalue weighted by Crippen LogP contribution is -2.38. The number of hydrogen-bond donors (Lipinski definition) is 5. The normalized spacial score (nSPS) is 10.6. The highest BCUT2D eigenvalue weighted by molar-refractivity contribution is 6.06. The van der Waals surface area contributed by atoms with Crippen LogP contribution in [0, 0.1) is 6.92 Å². The molecule has 2 aromatic rings. The molecule has 0 saturated heterocycles. The number of benzene rings is 1. The third-order valence-corrected chi connectivity index (χ3v) is 3.18. The van der Waals surface area contributed by atoms with E-state index in [1.54, 1.807) is 12.1 Å². The highest BCUT2D eigenvalue weighted by Crippen LogP contribution is 2.22. The number of fused-ring (bicyclic) bond motifs is 1. The number of nitrogens with one attached hydrogen (secondary N) is 4. The van der Waals surface area contributed by atoms with Gasteiger partial charge in [-0.2, -0.15) is 0 Å². The summed E-state index contributed by atoms with van der Waals surface area (Å²) in [4.78, 5) is 29.9. The number of hydrogen-bond acceptors (Lipinski definition) is 4. The summed E-state index contributed by atoms with van der Waals surface area (Å²) in [6.45, 7) is 4.56. The van der Waals surface area contributed by atoms with Crippen molar-refractivity contribution in [1.82, 2.24) is 20.8 Å². The topological polar surface area (TPSA) is 119 Å². The zero-order valence-electron chi connectivity index (χ0n) is 12.5. The van der Waals surface area contributed by atoms with Crippen molar-refractivity contribution in [3.63, 3.8) is 0 Å². The Bertz CT molecular complexity index is 695. The van der Waals surface area contributed by atoms with Gasteiger partial charge in [0.2, 0.25) is 5.95 Å². The van der Waals surface area contributed by atoms with Crippen molar-refractivity contribution in [3.8, 4) is 0 Å². The minimum Gasteiger partial charge on any atom is -0.465 e. The molecule has 8 heteroatoms. The molecule has 22 heavy (non-hydrogen) atoms. The standard InChI is InChI=1S/C14H19N5O3/c1-3-4-7-15-19-12(20)10-8(2)5-6-9-11(10)17-13(16-9)18-14(21)22/h5-6,15H,3-4,7H2,1-2H3,(H,19,20)(H,21,22)(H2,16,17,18). The smallest absolute Gasteiger partial charge is 0.411 e. The van der Waals surface area contributed by atoms with E-state index >= 15 is 0 Å². The number of imidazole rings is 1. The summed E-state index contributed by atoms with van der Waals surface area (Å²) in [5.74, 6) is -0.203. The number of unbranched alkanes of at least 4 members (excludes halogenated alkanes) is 1. The molecule has 2 amide bonds. The largest absolute Gasteiger partial charge is 0.465 e. The molecule has 0 fully saturated rings.